The number of aromatic nitrogens is 6. The Hall–Kier alpha value is -3.76. The lowest BCUT2D eigenvalue weighted by Crippen LogP contribution is -2.14. The van der Waals surface area contributed by atoms with Crippen LogP contribution in [-0.2, 0) is 24.3 Å². The van der Waals surface area contributed by atoms with E-state index in [0.717, 1.165) is 34.3 Å². The standard InChI is InChI=1S/C26H26N8S2/c27-33-23(15-19-8-3-1-4-9-19)29-31-25(33)35-17-21-12-7-13-22(14-21)18-36-26-32-30-24(34(26)28)16-20-10-5-2-6-11-20/h1-14H,15-18,27-28H2. The zero-order valence-electron chi connectivity index (χ0n) is 19.6. The van der Waals surface area contributed by atoms with Crippen LogP contribution in [-0.4, -0.2) is 29.7 Å². The van der Waals surface area contributed by atoms with Crippen LogP contribution >= 0.6 is 23.5 Å². The molecule has 0 aliphatic carbocycles. The molecule has 4 N–H and O–H groups in total. The molecule has 0 saturated heterocycles. The van der Waals surface area contributed by atoms with E-state index in [1.54, 1.807) is 32.9 Å². The lowest BCUT2D eigenvalue weighted by Gasteiger charge is -2.07. The third-order valence-corrected chi connectivity index (χ3v) is 7.64. The van der Waals surface area contributed by atoms with Gasteiger partial charge in [0.1, 0.15) is 0 Å². The summed E-state index contributed by atoms with van der Waals surface area (Å²) in [5.74, 6) is 15.5. The summed E-state index contributed by atoms with van der Waals surface area (Å²) in [4.78, 5) is 0. The molecule has 8 nitrogen and oxygen atoms in total. The highest BCUT2D eigenvalue weighted by atomic mass is 32.2. The summed E-state index contributed by atoms with van der Waals surface area (Å²) >= 11 is 3.14. The highest BCUT2D eigenvalue weighted by molar-refractivity contribution is 7.98. The van der Waals surface area contributed by atoms with Crippen molar-refractivity contribution < 1.29 is 0 Å². The summed E-state index contributed by atoms with van der Waals surface area (Å²) in [6, 6.07) is 28.7. The van der Waals surface area contributed by atoms with Gasteiger partial charge in [0.2, 0.25) is 10.3 Å². The van der Waals surface area contributed by atoms with Gasteiger partial charge in [-0.1, -0.05) is 108 Å². The molecule has 5 rings (SSSR count). The predicted octanol–water partition coefficient (Wildman–Crippen LogP) is 4.06. The second kappa shape index (κ2) is 11.3. The highest BCUT2D eigenvalue weighted by Crippen LogP contribution is 2.25. The first-order chi connectivity index (χ1) is 17.7. The first-order valence-corrected chi connectivity index (χ1v) is 13.4. The molecule has 5 aromatic rings. The van der Waals surface area contributed by atoms with Gasteiger partial charge in [-0.25, -0.2) is 9.35 Å². The summed E-state index contributed by atoms with van der Waals surface area (Å²) in [6.45, 7) is 0. The van der Waals surface area contributed by atoms with Gasteiger partial charge < -0.3 is 11.7 Å². The third kappa shape index (κ3) is 5.89. The van der Waals surface area contributed by atoms with E-state index in [2.05, 4.69) is 68.9 Å². The van der Waals surface area contributed by atoms with Gasteiger partial charge in [-0.15, -0.1) is 20.4 Å². The smallest absolute Gasteiger partial charge is 0.210 e. The number of benzene rings is 3. The Morgan fingerprint density at radius 1 is 0.528 bits per heavy atom. The molecular weight excluding hydrogens is 488 g/mol. The number of nitrogens with zero attached hydrogens (tertiary/aromatic N) is 6. The van der Waals surface area contributed by atoms with E-state index >= 15 is 0 Å². The van der Waals surface area contributed by atoms with Crippen molar-refractivity contribution in [3.63, 3.8) is 0 Å². The van der Waals surface area contributed by atoms with Crippen LogP contribution < -0.4 is 11.7 Å². The average Bonchev–Trinajstić information content (AvgIpc) is 3.44. The molecule has 0 amide bonds. The first-order valence-electron chi connectivity index (χ1n) is 11.5. The van der Waals surface area contributed by atoms with E-state index in [1.807, 2.05) is 36.4 Å². The van der Waals surface area contributed by atoms with Crippen molar-refractivity contribution in [1.29, 1.82) is 0 Å². The number of rotatable bonds is 10. The molecule has 0 unspecified atom stereocenters. The maximum atomic E-state index is 6.26. The van der Waals surface area contributed by atoms with Crippen molar-refractivity contribution in [1.82, 2.24) is 29.7 Å². The summed E-state index contributed by atoms with van der Waals surface area (Å²) < 4.78 is 3.16. The van der Waals surface area contributed by atoms with E-state index < -0.39 is 0 Å². The van der Waals surface area contributed by atoms with Crippen LogP contribution in [0.15, 0.2) is 95.2 Å². The van der Waals surface area contributed by atoms with E-state index in [0.29, 0.717) is 23.2 Å². The number of hydrogen-bond acceptors (Lipinski definition) is 8. The normalized spacial score (nSPS) is 11.1. The second-order valence-corrected chi connectivity index (χ2v) is 10.1. The molecule has 0 radical (unpaired) electrons. The maximum absolute atomic E-state index is 6.26. The van der Waals surface area contributed by atoms with Crippen molar-refractivity contribution in [3.8, 4) is 0 Å². The molecule has 0 bridgehead atoms. The summed E-state index contributed by atoms with van der Waals surface area (Å²) in [6.07, 6.45) is 1.30. The molecule has 0 aliphatic rings. The minimum Gasteiger partial charge on any atom is -0.336 e. The SMILES string of the molecule is Nn1c(Cc2ccccc2)nnc1SCc1cccc(CSc2nnc(Cc3ccccc3)n2N)c1. The molecule has 182 valence electrons. The fourth-order valence-electron chi connectivity index (χ4n) is 3.71. The summed E-state index contributed by atoms with van der Waals surface area (Å²) in [7, 11) is 0. The zero-order valence-corrected chi connectivity index (χ0v) is 21.2. The predicted molar refractivity (Wildman–Crippen MR) is 144 cm³/mol. The highest BCUT2D eigenvalue weighted by Gasteiger charge is 2.13. The first kappa shape index (κ1) is 24.0. The van der Waals surface area contributed by atoms with Crippen LogP contribution in [0.3, 0.4) is 0 Å². The number of nitrogen functional groups attached to an aromatic ring is 2. The van der Waals surface area contributed by atoms with Crippen LogP contribution in [0.5, 0.6) is 0 Å². The van der Waals surface area contributed by atoms with Gasteiger partial charge in [0.15, 0.2) is 11.6 Å². The molecule has 0 spiro atoms. The maximum Gasteiger partial charge on any atom is 0.210 e. The lowest BCUT2D eigenvalue weighted by molar-refractivity contribution is 0.805. The van der Waals surface area contributed by atoms with Crippen LogP contribution in [0, 0.1) is 0 Å². The molecule has 0 saturated carbocycles. The fraction of sp³-hybridized carbons (Fsp3) is 0.154. The Labute approximate surface area is 218 Å². The minimum absolute atomic E-state index is 0.649. The van der Waals surface area contributed by atoms with Crippen molar-refractivity contribution in [2.45, 2.75) is 34.7 Å². The number of thioether (sulfide) groups is 2. The molecule has 2 heterocycles. The Morgan fingerprint density at radius 3 is 1.39 bits per heavy atom. The molecule has 0 aliphatic heterocycles. The van der Waals surface area contributed by atoms with E-state index in [-0.39, 0.29) is 0 Å². The van der Waals surface area contributed by atoms with Gasteiger partial charge in [-0.05, 0) is 22.3 Å². The number of nitrogens with two attached hydrogens (primary N) is 2. The Bertz CT molecular complexity index is 1310. The van der Waals surface area contributed by atoms with Gasteiger partial charge in [-0.3, -0.25) is 0 Å². The summed E-state index contributed by atoms with van der Waals surface area (Å²) in [5.41, 5.74) is 4.67. The second-order valence-electron chi connectivity index (χ2n) is 8.26. The zero-order chi connectivity index (χ0) is 24.7. The fourth-order valence-corrected chi connectivity index (χ4v) is 5.35. The Morgan fingerprint density at radius 2 is 0.944 bits per heavy atom. The van der Waals surface area contributed by atoms with Gasteiger partial charge in [0.05, 0.1) is 0 Å². The minimum atomic E-state index is 0.649. The molecule has 2 aromatic heterocycles. The number of hydrogen-bond donors (Lipinski definition) is 2. The van der Waals surface area contributed by atoms with Crippen LogP contribution in [0.2, 0.25) is 0 Å². The topological polar surface area (TPSA) is 113 Å². The molecular formula is C26H26N8S2. The van der Waals surface area contributed by atoms with E-state index in [4.69, 9.17) is 11.7 Å². The lowest BCUT2D eigenvalue weighted by atomic mass is 10.1. The quantitative estimate of drug-likeness (QED) is 0.212. The van der Waals surface area contributed by atoms with Gasteiger partial charge in [0.25, 0.3) is 0 Å². The molecule has 0 atom stereocenters. The molecule has 36 heavy (non-hydrogen) atoms. The van der Waals surface area contributed by atoms with E-state index in [9.17, 15) is 0 Å². The van der Waals surface area contributed by atoms with Crippen molar-refractivity contribution in [2.24, 2.45) is 0 Å². The van der Waals surface area contributed by atoms with Crippen molar-refractivity contribution >= 4 is 23.5 Å². The van der Waals surface area contributed by atoms with Gasteiger partial charge >= 0.3 is 0 Å². The van der Waals surface area contributed by atoms with Crippen molar-refractivity contribution in [2.75, 3.05) is 11.7 Å². The third-order valence-electron chi connectivity index (χ3n) is 5.61. The monoisotopic (exact) mass is 514 g/mol. The summed E-state index contributed by atoms with van der Waals surface area (Å²) in [5, 5.41) is 18.5. The van der Waals surface area contributed by atoms with Gasteiger partial charge in [0, 0.05) is 24.3 Å². The average molecular weight is 515 g/mol. The van der Waals surface area contributed by atoms with Crippen LogP contribution in [0.4, 0.5) is 0 Å². The van der Waals surface area contributed by atoms with Crippen LogP contribution in [0.1, 0.15) is 33.9 Å². The van der Waals surface area contributed by atoms with E-state index in [1.165, 1.54) is 11.1 Å². The molecule has 3 aromatic carbocycles. The largest absolute Gasteiger partial charge is 0.336 e. The Balaban J connectivity index is 1.17. The van der Waals surface area contributed by atoms with Crippen molar-refractivity contribution in [3.05, 3.63) is 119 Å². The molecule has 10 heteroatoms. The Kier molecular flexibility index (Phi) is 7.53. The molecule has 0 fully saturated rings. The van der Waals surface area contributed by atoms with Crippen LogP contribution in [0.25, 0.3) is 0 Å². The van der Waals surface area contributed by atoms with Gasteiger partial charge in [-0.2, -0.15) is 0 Å².